The van der Waals surface area contributed by atoms with Gasteiger partial charge in [0.2, 0.25) is 5.91 Å². The summed E-state index contributed by atoms with van der Waals surface area (Å²) in [6.45, 7) is 6.35. The van der Waals surface area contributed by atoms with Crippen molar-refractivity contribution >= 4 is 41.2 Å². The molecule has 0 fully saturated rings. The minimum atomic E-state index is -0.0753. The monoisotopic (exact) mass is 440 g/mol. The van der Waals surface area contributed by atoms with Gasteiger partial charge in [-0.05, 0) is 44.7 Å². The third-order valence-electron chi connectivity index (χ3n) is 5.84. The van der Waals surface area contributed by atoms with Crippen LogP contribution in [0, 0.1) is 6.92 Å². The molecular formula is C24H29ClN4O2. The number of carbonyl (C=O) groups is 1. The van der Waals surface area contributed by atoms with Gasteiger partial charge in [0.15, 0.2) is 0 Å². The van der Waals surface area contributed by atoms with Crippen molar-refractivity contribution in [1.82, 2.24) is 14.8 Å². The van der Waals surface area contributed by atoms with E-state index in [9.17, 15) is 4.79 Å². The average Bonchev–Trinajstić information content (AvgIpc) is 2.98. The molecule has 1 aliphatic heterocycles. The molecule has 0 bridgehead atoms. The lowest BCUT2D eigenvalue weighted by Crippen LogP contribution is -2.31. The lowest BCUT2D eigenvalue weighted by molar-refractivity contribution is -0.125. The van der Waals surface area contributed by atoms with Gasteiger partial charge in [0.1, 0.15) is 17.2 Å². The second kappa shape index (κ2) is 9.54. The number of nitrogens with zero attached hydrogens (tertiary/aromatic N) is 3. The van der Waals surface area contributed by atoms with E-state index in [-0.39, 0.29) is 18.3 Å². The van der Waals surface area contributed by atoms with Crippen molar-refractivity contribution in [3.63, 3.8) is 0 Å². The number of likely N-dealkylation sites (N-methyl/N-ethyl adjacent to an activating group) is 2. The van der Waals surface area contributed by atoms with Gasteiger partial charge >= 0.3 is 0 Å². The zero-order valence-electron chi connectivity index (χ0n) is 18.4. The molecular weight excluding hydrogens is 412 g/mol. The molecule has 2 aromatic heterocycles. The lowest BCUT2D eigenvalue weighted by atomic mass is 10.1. The number of halogens is 1. The minimum Gasteiger partial charge on any atom is -0.459 e. The van der Waals surface area contributed by atoms with Crippen LogP contribution in [0.15, 0.2) is 47.0 Å². The Balaban J connectivity index is 0.00000272. The molecule has 1 N–H and O–H groups in total. The number of furan rings is 1. The highest BCUT2D eigenvalue weighted by molar-refractivity contribution is 5.91. The summed E-state index contributed by atoms with van der Waals surface area (Å²) in [4.78, 5) is 21.1. The van der Waals surface area contributed by atoms with Crippen LogP contribution in [0.1, 0.15) is 29.4 Å². The number of amides is 1. The summed E-state index contributed by atoms with van der Waals surface area (Å²) in [5.41, 5.74) is 3.99. The van der Waals surface area contributed by atoms with Gasteiger partial charge < -0.3 is 14.6 Å². The first kappa shape index (κ1) is 22.8. The molecule has 0 spiro atoms. The number of aryl methyl sites for hydroxylation is 1. The number of anilines is 1. The van der Waals surface area contributed by atoms with Crippen LogP contribution in [0.4, 0.5) is 5.82 Å². The van der Waals surface area contributed by atoms with Crippen molar-refractivity contribution in [3.8, 4) is 0 Å². The summed E-state index contributed by atoms with van der Waals surface area (Å²) >= 11 is 0. The maximum atomic E-state index is 12.6. The number of benzene rings is 1. The molecule has 0 aliphatic carbocycles. The molecule has 6 nitrogen and oxygen atoms in total. The summed E-state index contributed by atoms with van der Waals surface area (Å²) in [7, 11) is 3.90. The molecule has 0 saturated heterocycles. The van der Waals surface area contributed by atoms with E-state index >= 15 is 0 Å². The smallest absolute Gasteiger partial charge is 0.246 e. The molecule has 4 rings (SSSR count). The molecule has 164 valence electrons. The van der Waals surface area contributed by atoms with Crippen LogP contribution in [0.25, 0.3) is 17.0 Å². The molecule has 1 amide bonds. The molecule has 1 unspecified atom stereocenters. The topological polar surface area (TPSA) is 61.6 Å². The van der Waals surface area contributed by atoms with Crippen molar-refractivity contribution in [2.24, 2.45) is 0 Å². The molecule has 1 aliphatic rings. The molecule has 1 aromatic carbocycles. The van der Waals surface area contributed by atoms with Gasteiger partial charge in [0.05, 0.1) is 6.54 Å². The predicted molar refractivity (Wildman–Crippen MR) is 127 cm³/mol. The van der Waals surface area contributed by atoms with Crippen molar-refractivity contribution in [2.75, 3.05) is 26.0 Å². The Morgan fingerprint density at radius 1 is 1.39 bits per heavy atom. The minimum absolute atomic E-state index is 0. The Labute approximate surface area is 189 Å². The summed E-state index contributed by atoms with van der Waals surface area (Å²) in [6, 6.07) is 10.5. The SMILES string of the molecule is Cc1c(CN(C)C(=O)/C=C/c2cnc3c(c2)CN(C)C(C)CN3)oc2ccccc12.Cl. The van der Waals surface area contributed by atoms with E-state index in [2.05, 4.69) is 35.2 Å². The molecule has 7 heteroatoms. The van der Waals surface area contributed by atoms with Gasteiger partial charge in [-0.3, -0.25) is 9.69 Å². The largest absolute Gasteiger partial charge is 0.459 e. The fourth-order valence-electron chi connectivity index (χ4n) is 3.69. The third kappa shape index (κ3) is 4.92. The molecule has 0 saturated carbocycles. The van der Waals surface area contributed by atoms with Crippen LogP contribution in [0.5, 0.6) is 0 Å². The van der Waals surface area contributed by atoms with Crippen molar-refractivity contribution < 1.29 is 9.21 Å². The van der Waals surface area contributed by atoms with E-state index in [1.54, 1.807) is 24.2 Å². The van der Waals surface area contributed by atoms with Crippen LogP contribution in [0.3, 0.4) is 0 Å². The Morgan fingerprint density at radius 2 is 2.16 bits per heavy atom. The first-order valence-electron chi connectivity index (χ1n) is 10.3. The van der Waals surface area contributed by atoms with Gasteiger partial charge in [-0.25, -0.2) is 4.98 Å². The standard InChI is InChI=1S/C24H28N4O2.ClH/c1-16-12-25-24-19(14-27(16)3)11-18(13-26-24)9-10-23(29)28(4)15-22-17(2)20-7-5-6-8-21(20)30-22;/h5-11,13,16H,12,14-15H2,1-4H3,(H,25,26);1H/b10-9+;. The Bertz CT molecular complexity index is 1110. The Kier molecular flexibility index (Phi) is 7.03. The van der Waals surface area contributed by atoms with Gasteiger partial charge in [-0.15, -0.1) is 12.4 Å². The Hall–Kier alpha value is -2.83. The number of nitrogens with one attached hydrogen (secondary N) is 1. The van der Waals surface area contributed by atoms with Crippen molar-refractivity contribution in [2.45, 2.75) is 33.0 Å². The number of pyridine rings is 1. The summed E-state index contributed by atoms with van der Waals surface area (Å²) < 4.78 is 5.94. The maximum absolute atomic E-state index is 12.6. The highest BCUT2D eigenvalue weighted by Crippen LogP contribution is 2.26. The van der Waals surface area contributed by atoms with Crippen LogP contribution in [-0.4, -0.2) is 47.4 Å². The van der Waals surface area contributed by atoms with Gasteiger partial charge in [0, 0.05) is 55.0 Å². The number of hydrogen-bond donors (Lipinski definition) is 1. The predicted octanol–water partition coefficient (Wildman–Crippen LogP) is 4.48. The quantitative estimate of drug-likeness (QED) is 0.606. The molecule has 3 heterocycles. The molecule has 0 radical (unpaired) electrons. The normalized spacial score (nSPS) is 16.5. The highest BCUT2D eigenvalue weighted by atomic mass is 35.5. The van der Waals surface area contributed by atoms with Gasteiger partial charge in [0.25, 0.3) is 0 Å². The molecule has 31 heavy (non-hydrogen) atoms. The third-order valence-corrected chi connectivity index (χ3v) is 5.84. The Morgan fingerprint density at radius 3 is 2.94 bits per heavy atom. The van der Waals surface area contributed by atoms with Crippen LogP contribution >= 0.6 is 12.4 Å². The average molecular weight is 441 g/mol. The number of rotatable bonds is 4. The first-order chi connectivity index (χ1) is 14.4. The number of para-hydroxylation sites is 1. The van der Waals surface area contributed by atoms with E-state index < -0.39 is 0 Å². The number of fused-ring (bicyclic) bond motifs is 2. The number of carbonyl (C=O) groups excluding carboxylic acids is 1. The zero-order chi connectivity index (χ0) is 21.3. The van der Waals surface area contributed by atoms with Crippen LogP contribution in [-0.2, 0) is 17.9 Å². The van der Waals surface area contributed by atoms with E-state index in [4.69, 9.17) is 4.42 Å². The van der Waals surface area contributed by atoms with E-state index in [1.807, 2.05) is 37.3 Å². The van der Waals surface area contributed by atoms with Gasteiger partial charge in [-0.2, -0.15) is 0 Å². The lowest BCUT2D eigenvalue weighted by Gasteiger charge is -2.20. The highest BCUT2D eigenvalue weighted by Gasteiger charge is 2.18. The first-order valence-corrected chi connectivity index (χ1v) is 10.3. The van der Waals surface area contributed by atoms with E-state index in [0.29, 0.717) is 12.6 Å². The molecule has 1 atom stereocenters. The van der Waals surface area contributed by atoms with E-state index in [0.717, 1.165) is 52.3 Å². The van der Waals surface area contributed by atoms with Crippen molar-refractivity contribution in [1.29, 1.82) is 0 Å². The number of aromatic nitrogens is 1. The summed E-state index contributed by atoms with van der Waals surface area (Å²) in [5, 5.41) is 4.49. The second-order valence-corrected chi connectivity index (χ2v) is 8.10. The summed E-state index contributed by atoms with van der Waals surface area (Å²) in [6.07, 6.45) is 5.22. The second-order valence-electron chi connectivity index (χ2n) is 8.10. The summed E-state index contributed by atoms with van der Waals surface area (Å²) in [5.74, 6) is 1.66. The number of hydrogen-bond acceptors (Lipinski definition) is 5. The fraction of sp³-hybridized carbons (Fsp3) is 0.333. The van der Waals surface area contributed by atoms with Crippen LogP contribution < -0.4 is 5.32 Å². The zero-order valence-corrected chi connectivity index (χ0v) is 19.2. The van der Waals surface area contributed by atoms with Crippen LogP contribution in [0.2, 0.25) is 0 Å². The molecule has 3 aromatic rings. The maximum Gasteiger partial charge on any atom is 0.246 e. The van der Waals surface area contributed by atoms with E-state index in [1.165, 1.54) is 0 Å². The van der Waals surface area contributed by atoms with Crippen molar-refractivity contribution in [3.05, 3.63) is 65.1 Å². The van der Waals surface area contributed by atoms with Gasteiger partial charge in [-0.1, -0.05) is 18.2 Å². The fourth-order valence-corrected chi connectivity index (χ4v) is 3.69.